The van der Waals surface area contributed by atoms with Gasteiger partial charge in [-0.2, -0.15) is 0 Å². The van der Waals surface area contributed by atoms with E-state index >= 15 is 0 Å². The number of amides is 2. The van der Waals surface area contributed by atoms with Gasteiger partial charge in [-0.05, 0) is 30.2 Å². The van der Waals surface area contributed by atoms with Crippen LogP contribution in [-0.4, -0.2) is 17.7 Å². The van der Waals surface area contributed by atoms with E-state index in [4.69, 9.17) is 0 Å². The third-order valence-electron chi connectivity index (χ3n) is 3.28. The number of fused-ring (bicyclic) bond motifs is 1. The van der Waals surface area contributed by atoms with E-state index in [0.717, 1.165) is 12.1 Å². The molecule has 2 aromatic carbocycles. The van der Waals surface area contributed by atoms with E-state index in [1.54, 1.807) is 29.2 Å². The van der Waals surface area contributed by atoms with Crippen molar-refractivity contribution in [2.75, 3.05) is 16.8 Å². The van der Waals surface area contributed by atoms with Gasteiger partial charge in [-0.25, -0.2) is 4.79 Å². The number of nitrogens with one attached hydrogen (secondary N) is 1. The lowest BCUT2D eigenvalue weighted by Crippen LogP contribution is -2.33. The highest BCUT2D eigenvalue weighted by molar-refractivity contribution is 6.03. The quantitative estimate of drug-likeness (QED) is 0.769. The number of aromatic hydroxyl groups is 1. The maximum atomic E-state index is 12.2. The molecule has 0 bridgehead atoms. The van der Waals surface area contributed by atoms with Crippen molar-refractivity contribution in [1.29, 1.82) is 0 Å². The minimum absolute atomic E-state index is 0.0725. The number of phenolic OH excluding ortho intramolecular Hbond substituents is 1. The minimum Gasteiger partial charge on any atom is -0.506 e. The second-order valence-corrected chi connectivity index (χ2v) is 4.48. The molecule has 1 heterocycles. The van der Waals surface area contributed by atoms with Gasteiger partial charge in [0.25, 0.3) is 0 Å². The van der Waals surface area contributed by atoms with Crippen molar-refractivity contribution in [3.63, 3.8) is 0 Å². The fraction of sp³-hybridized carbons (Fsp3) is 0.133. The molecular formula is C15H14N2O2. The predicted octanol–water partition coefficient (Wildman–Crippen LogP) is 2.99. The molecule has 0 aliphatic carbocycles. The van der Waals surface area contributed by atoms with Gasteiger partial charge in [-0.3, -0.25) is 4.90 Å². The molecule has 3 rings (SSSR count). The van der Waals surface area contributed by atoms with Crippen LogP contribution in [0.2, 0.25) is 0 Å². The second kappa shape index (κ2) is 4.65. The van der Waals surface area contributed by atoms with Crippen LogP contribution in [0.4, 0.5) is 16.2 Å². The number of carbonyl (C=O) groups excluding carboxylic acids is 1. The van der Waals surface area contributed by atoms with Gasteiger partial charge in [0, 0.05) is 12.2 Å². The molecule has 0 unspecified atom stereocenters. The Labute approximate surface area is 111 Å². The molecule has 96 valence electrons. The summed E-state index contributed by atoms with van der Waals surface area (Å²) < 4.78 is 0. The monoisotopic (exact) mass is 254 g/mol. The lowest BCUT2D eigenvalue weighted by Gasteiger charge is -2.18. The molecular weight excluding hydrogens is 240 g/mol. The van der Waals surface area contributed by atoms with Crippen LogP contribution in [0.5, 0.6) is 5.75 Å². The van der Waals surface area contributed by atoms with Crippen molar-refractivity contribution in [1.82, 2.24) is 0 Å². The van der Waals surface area contributed by atoms with Crippen molar-refractivity contribution >= 4 is 17.4 Å². The van der Waals surface area contributed by atoms with Crippen molar-refractivity contribution < 1.29 is 9.90 Å². The standard InChI is InChI=1S/C15H14N2O2/c18-14-8-4-2-6-12(14)16-15(19)17-10-9-11-5-1-3-7-13(11)17/h1-8,18H,9-10H2,(H,16,19). The zero-order chi connectivity index (χ0) is 13.2. The van der Waals surface area contributed by atoms with Crippen LogP contribution in [0.15, 0.2) is 48.5 Å². The van der Waals surface area contributed by atoms with Crippen LogP contribution in [0.25, 0.3) is 0 Å². The van der Waals surface area contributed by atoms with Crippen molar-refractivity contribution in [2.24, 2.45) is 0 Å². The summed E-state index contributed by atoms with van der Waals surface area (Å²) in [6.07, 6.45) is 0.865. The molecule has 4 nitrogen and oxygen atoms in total. The highest BCUT2D eigenvalue weighted by atomic mass is 16.3. The Morgan fingerprint density at radius 3 is 2.68 bits per heavy atom. The molecule has 0 aromatic heterocycles. The van der Waals surface area contributed by atoms with E-state index in [2.05, 4.69) is 5.32 Å². The number of benzene rings is 2. The number of anilines is 2. The van der Waals surface area contributed by atoms with Crippen LogP contribution >= 0.6 is 0 Å². The molecule has 0 fully saturated rings. The number of para-hydroxylation sites is 3. The SMILES string of the molecule is O=C(Nc1ccccc1O)N1CCc2ccccc21. The second-order valence-electron chi connectivity index (χ2n) is 4.48. The largest absolute Gasteiger partial charge is 0.506 e. The van der Waals surface area contributed by atoms with E-state index in [1.165, 1.54) is 5.56 Å². The highest BCUT2D eigenvalue weighted by Gasteiger charge is 2.24. The van der Waals surface area contributed by atoms with Gasteiger partial charge in [0.05, 0.1) is 5.69 Å². The van der Waals surface area contributed by atoms with Crippen LogP contribution in [-0.2, 0) is 6.42 Å². The Morgan fingerprint density at radius 2 is 1.84 bits per heavy atom. The lowest BCUT2D eigenvalue weighted by atomic mass is 10.2. The van der Waals surface area contributed by atoms with Gasteiger partial charge in [-0.1, -0.05) is 30.3 Å². The summed E-state index contributed by atoms with van der Waals surface area (Å²) in [7, 11) is 0. The summed E-state index contributed by atoms with van der Waals surface area (Å²) in [6, 6.07) is 14.4. The average Bonchev–Trinajstić information content (AvgIpc) is 2.85. The number of hydrogen-bond donors (Lipinski definition) is 2. The van der Waals surface area contributed by atoms with E-state index in [9.17, 15) is 9.90 Å². The number of hydrogen-bond acceptors (Lipinski definition) is 2. The number of rotatable bonds is 1. The number of phenols is 1. The Morgan fingerprint density at radius 1 is 1.11 bits per heavy atom. The van der Waals surface area contributed by atoms with Gasteiger partial charge in [0.2, 0.25) is 0 Å². The molecule has 2 aromatic rings. The highest BCUT2D eigenvalue weighted by Crippen LogP contribution is 2.29. The summed E-state index contributed by atoms with van der Waals surface area (Å²) in [6.45, 7) is 0.665. The molecule has 4 heteroatoms. The van der Waals surface area contributed by atoms with Crippen molar-refractivity contribution in [2.45, 2.75) is 6.42 Å². The van der Waals surface area contributed by atoms with Gasteiger partial charge in [-0.15, -0.1) is 0 Å². The van der Waals surface area contributed by atoms with Crippen LogP contribution in [0.3, 0.4) is 0 Å². The summed E-state index contributed by atoms with van der Waals surface area (Å²) in [4.78, 5) is 13.9. The Kier molecular flexibility index (Phi) is 2.83. The molecule has 1 aliphatic heterocycles. The minimum atomic E-state index is -0.216. The number of carbonyl (C=O) groups is 1. The van der Waals surface area contributed by atoms with Crippen LogP contribution < -0.4 is 10.2 Å². The molecule has 2 N–H and O–H groups in total. The smallest absolute Gasteiger partial charge is 0.326 e. The van der Waals surface area contributed by atoms with Gasteiger partial charge in [0.1, 0.15) is 5.75 Å². The fourth-order valence-electron chi connectivity index (χ4n) is 2.31. The summed E-state index contributed by atoms with van der Waals surface area (Å²) >= 11 is 0. The maximum absolute atomic E-state index is 12.2. The first-order valence-corrected chi connectivity index (χ1v) is 6.20. The first kappa shape index (κ1) is 11.6. The molecule has 0 saturated carbocycles. The Balaban J connectivity index is 1.81. The molecule has 0 saturated heterocycles. The Hall–Kier alpha value is -2.49. The van der Waals surface area contributed by atoms with E-state index < -0.39 is 0 Å². The zero-order valence-electron chi connectivity index (χ0n) is 10.3. The summed E-state index contributed by atoms with van der Waals surface area (Å²) in [5.74, 6) is 0.0725. The number of urea groups is 1. The first-order valence-electron chi connectivity index (χ1n) is 6.20. The molecule has 0 atom stereocenters. The van der Waals surface area contributed by atoms with Gasteiger partial charge >= 0.3 is 6.03 Å². The average molecular weight is 254 g/mol. The summed E-state index contributed by atoms with van der Waals surface area (Å²) in [5, 5.41) is 12.4. The lowest BCUT2D eigenvalue weighted by molar-refractivity contribution is 0.257. The van der Waals surface area contributed by atoms with E-state index in [1.807, 2.05) is 24.3 Å². The molecule has 19 heavy (non-hydrogen) atoms. The van der Waals surface area contributed by atoms with Gasteiger partial charge in [0.15, 0.2) is 0 Å². The number of nitrogens with zero attached hydrogens (tertiary/aromatic N) is 1. The van der Waals surface area contributed by atoms with Crippen LogP contribution in [0.1, 0.15) is 5.56 Å². The topological polar surface area (TPSA) is 52.6 Å². The van der Waals surface area contributed by atoms with E-state index in [-0.39, 0.29) is 11.8 Å². The third kappa shape index (κ3) is 2.12. The zero-order valence-corrected chi connectivity index (χ0v) is 10.3. The molecule has 0 radical (unpaired) electrons. The summed E-state index contributed by atoms with van der Waals surface area (Å²) in [5.41, 5.74) is 2.54. The van der Waals surface area contributed by atoms with Gasteiger partial charge < -0.3 is 10.4 Å². The Bertz CT molecular complexity index is 625. The predicted molar refractivity (Wildman–Crippen MR) is 74.6 cm³/mol. The van der Waals surface area contributed by atoms with E-state index in [0.29, 0.717) is 12.2 Å². The molecule has 0 spiro atoms. The maximum Gasteiger partial charge on any atom is 0.326 e. The molecule has 2 amide bonds. The molecule has 1 aliphatic rings. The first-order chi connectivity index (χ1) is 9.25. The van der Waals surface area contributed by atoms with Crippen LogP contribution in [0, 0.1) is 0 Å². The van der Waals surface area contributed by atoms with Crippen molar-refractivity contribution in [3.8, 4) is 5.75 Å². The van der Waals surface area contributed by atoms with Crippen molar-refractivity contribution in [3.05, 3.63) is 54.1 Å². The normalized spacial score (nSPS) is 13.2. The third-order valence-corrected chi connectivity index (χ3v) is 3.28. The fourth-order valence-corrected chi connectivity index (χ4v) is 2.31.